The molecule has 1 aromatic carbocycles. The van der Waals surface area contributed by atoms with Crippen LogP contribution in [0, 0.1) is 9.49 Å². The first-order valence-corrected chi connectivity index (χ1v) is 6.71. The highest BCUT2D eigenvalue weighted by Crippen LogP contribution is 2.23. The van der Waals surface area contributed by atoms with Gasteiger partial charge in [-0.15, -0.1) is 0 Å². The average Bonchev–Trinajstić information content (AvgIpc) is 2.26. The number of rotatable bonds is 3. The number of nitrogens with two attached hydrogens (primary N) is 1. The van der Waals surface area contributed by atoms with Crippen molar-refractivity contribution in [3.63, 3.8) is 0 Å². The Morgan fingerprint density at radius 2 is 2.24 bits per heavy atom. The zero-order valence-corrected chi connectivity index (χ0v) is 12.7. The molecule has 0 unspecified atom stereocenters. The van der Waals surface area contributed by atoms with Crippen molar-refractivity contribution in [2.24, 2.45) is 16.8 Å². The van der Waals surface area contributed by atoms with E-state index in [-0.39, 0.29) is 0 Å². The van der Waals surface area contributed by atoms with Gasteiger partial charge in [-0.3, -0.25) is 10.4 Å². The molecule has 17 heavy (non-hydrogen) atoms. The number of halogens is 2. The third-order valence-electron chi connectivity index (χ3n) is 1.94. The highest BCUT2D eigenvalue weighted by atomic mass is 127. The minimum atomic E-state index is 0.479. The monoisotopic (exact) mass is 366 g/mol. The molecule has 0 aromatic heterocycles. The Morgan fingerprint density at radius 3 is 2.76 bits per heavy atom. The molecule has 0 spiro atoms. The van der Waals surface area contributed by atoms with Gasteiger partial charge in [-0.25, -0.2) is 5.84 Å². The number of hydrazine groups is 1. The van der Waals surface area contributed by atoms with Crippen LogP contribution < -0.4 is 16.6 Å². The van der Waals surface area contributed by atoms with E-state index in [1.807, 2.05) is 18.2 Å². The van der Waals surface area contributed by atoms with Gasteiger partial charge < -0.3 is 5.32 Å². The SMILES string of the molecule is CC(C)CN=C(NN)Nc1ccc(I)cc1Cl. The fourth-order valence-corrected chi connectivity index (χ4v) is 2.02. The van der Waals surface area contributed by atoms with Crippen LogP contribution in [-0.2, 0) is 0 Å². The highest BCUT2D eigenvalue weighted by Gasteiger charge is 2.03. The lowest BCUT2D eigenvalue weighted by molar-refractivity contribution is 0.663. The maximum atomic E-state index is 6.10. The van der Waals surface area contributed by atoms with Crippen LogP contribution in [0.3, 0.4) is 0 Å². The van der Waals surface area contributed by atoms with E-state index >= 15 is 0 Å². The lowest BCUT2D eigenvalue weighted by Crippen LogP contribution is -2.36. The summed E-state index contributed by atoms with van der Waals surface area (Å²) in [4.78, 5) is 4.31. The van der Waals surface area contributed by atoms with Gasteiger partial charge in [0, 0.05) is 10.1 Å². The molecule has 6 heteroatoms. The van der Waals surface area contributed by atoms with Crippen LogP contribution in [0.15, 0.2) is 23.2 Å². The van der Waals surface area contributed by atoms with Crippen molar-refractivity contribution in [1.82, 2.24) is 5.43 Å². The third-order valence-corrected chi connectivity index (χ3v) is 2.92. The van der Waals surface area contributed by atoms with Crippen molar-refractivity contribution in [3.8, 4) is 0 Å². The Labute approximate surface area is 120 Å². The predicted octanol–water partition coefficient (Wildman–Crippen LogP) is 2.83. The summed E-state index contributed by atoms with van der Waals surface area (Å²) < 4.78 is 1.08. The largest absolute Gasteiger partial charge is 0.324 e. The molecule has 0 aliphatic heterocycles. The lowest BCUT2D eigenvalue weighted by Gasteiger charge is -2.11. The van der Waals surface area contributed by atoms with E-state index < -0.39 is 0 Å². The second kappa shape index (κ2) is 7.03. The molecule has 0 heterocycles. The molecule has 0 saturated carbocycles. The van der Waals surface area contributed by atoms with Crippen molar-refractivity contribution in [2.45, 2.75) is 13.8 Å². The first-order valence-electron chi connectivity index (χ1n) is 5.26. The Kier molecular flexibility index (Phi) is 6.01. The fourth-order valence-electron chi connectivity index (χ4n) is 1.11. The maximum absolute atomic E-state index is 6.10. The fraction of sp³-hybridized carbons (Fsp3) is 0.364. The van der Waals surface area contributed by atoms with Gasteiger partial charge in [0.05, 0.1) is 10.7 Å². The second-order valence-corrected chi connectivity index (χ2v) is 5.63. The van der Waals surface area contributed by atoms with Crippen LogP contribution >= 0.6 is 34.2 Å². The van der Waals surface area contributed by atoms with Crippen molar-refractivity contribution in [3.05, 3.63) is 26.8 Å². The topological polar surface area (TPSA) is 62.4 Å². The normalized spacial score (nSPS) is 11.8. The summed E-state index contributed by atoms with van der Waals surface area (Å²) in [6.07, 6.45) is 0. The summed E-state index contributed by atoms with van der Waals surface area (Å²) in [6.45, 7) is 4.89. The van der Waals surface area contributed by atoms with Crippen LogP contribution in [-0.4, -0.2) is 12.5 Å². The number of nitrogens with one attached hydrogen (secondary N) is 2. The Morgan fingerprint density at radius 1 is 1.53 bits per heavy atom. The van der Waals surface area contributed by atoms with Crippen LogP contribution in [0.4, 0.5) is 5.69 Å². The van der Waals surface area contributed by atoms with Crippen molar-refractivity contribution < 1.29 is 0 Å². The minimum Gasteiger partial charge on any atom is -0.324 e. The second-order valence-electron chi connectivity index (χ2n) is 3.98. The molecule has 1 rings (SSSR count). The molecule has 0 radical (unpaired) electrons. The minimum absolute atomic E-state index is 0.479. The quantitative estimate of drug-likeness (QED) is 0.253. The molecule has 4 N–H and O–H groups in total. The Balaban J connectivity index is 2.77. The van der Waals surface area contributed by atoms with E-state index in [4.69, 9.17) is 17.4 Å². The number of guanidine groups is 1. The van der Waals surface area contributed by atoms with Crippen molar-refractivity contribution in [1.29, 1.82) is 0 Å². The molecule has 0 amide bonds. The Bertz CT molecular complexity index is 406. The zero-order chi connectivity index (χ0) is 12.8. The molecule has 1 aromatic rings. The van der Waals surface area contributed by atoms with E-state index in [0.29, 0.717) is 23.4 Å². The van der Waals surface area contributed by atoms with Crippen LogP contribution in [0.25, 0.3) is 0 Å². The molecular weight excluding hydrogens is 351 g/mol. The molecule has 0 fully saturated rings. The van der Waals surface area contributed by atoms with Gasteiger partial charge in [-0.1, -0.05) is 25.4 Å². The first-order chi connectivity index (χ1) is 8.02. The molecule has 0 bridgehead atoms. The number of benzene rings is 1. The van der Waals surface area contributed by atoms with Gasteiger partial charge in [0.25, 0.3) is 0 Å². The number of anilines is 1. The number of aliphatic imine (C=N–C) groups is 1. The Hall–Kier alpha value is -0.530. The summed E-state index contributed by atoms with van der Waals surface area (Å²) in [6, 6.07) is 5.73. The van der Waals surface area contributed by atoms with Gasteiger partial charge >= 0.3 is 0 Å². The summed E-state index contributed by atoms with van der Waals surface area (Å²) in [5, 5.41) is 3.70. The van der Waals surface area contributed by atoms with Gasteiger partial charge in [0.15, 0.2) is 0 Å². The van der Waals surface area contributed by atoms with Crippen LogP contribution in [0.5, 0.6) is 0 Å². The van der Waals surface area contributed by atoms with Gasteiger partial charge in [-0.2, -0.15) is 0 Å². The van der Waals surface area contributed by atoms with E-state index in [0.717, 1.165) is 9.26 Å². The van der Waals surface area contributed by atoms with Gasteiger partial charge in [0.1, 0.15) is 0 Å². The van der Waals surface area contributed by atoms with Crippen molar-refractivity contribution in [2.75, 3.05) is 11.9 Å². The summed E-state index contributed by atoms with van der Waals surface area (Å²) >= 11 is 8.31. The smallest absolute Gasteiger partial charge is 0.210 e. The zero-order valence-electron chi connectivity index (χ0n) is 9.80. The van der Waals surface area contributed by atoms with Gasteiger partial charge in [0.2, 0.25) is 5.96 Å². The first kappa shape index (κ1) is 14.5. The third kappa shape index (κ3) is 5.10. The number of hydrogen-bond donors (Lipinski definition) is 3. The maximum Gasteiger partial charge on any atom is 0.210 e. The summed E-state index contributed by atoms with van der Waals surface area (Å²) in [5.41, 5.74) is 3.31. The van der Waals surface area contributed by atoms with Crippen LogP contribution in [0.1, 0.15) is 13.8 Å². The molecule has 0 saturated heterocycles. The number of nitrogens with zero attached hydrogens (tertiary/aromatic N) is 1. The van der Waals surface area contributed by atoms with Crippen molar-refractivity contribution >= 4 is 45.8 Å². The molecular formula is C11H16ClIN4. The van der Waals surface area contributed by atoms with E-state index in [1.165, 1.54) is 0 Å². The van der Waals surface area contributed by atoms with E-state index in [1.54, 1.807) is 0 Å². The van der Waals surface area contributed by atoms with E-state index in [2.05, 4.69) is 52.2 Å². The molecule has 4 nitrogen and oxygen atoms in total. The highest BCUT2D eigenvalue weighted by molar-refractivity contribution is 14.1. The van der Waals surface area contributed by atoms with E-state index in [9.17, 15) is 0 Å². The molecule has 0 atom stereocenters. The standard InChI is InChI=1S/C11H16ClIN4/c1-7(2)6-15-11(17-14)16-10-4-3-8(13)5-9(10)12/h3-5,7H,6,14H2,1-2H3,(H2,15,16,17). The molecule has 0 aliphatic carbocycles. The average molecular weight is 367 g/mol. The summed E-state index contributed by atoms with van der Waals surface area (Å²) in [7, 11) is 0. The summed E-state index contributed by atoms with van der Waals surface area (Å²) in [5.74, 6) is 6.39. The predicted molar refractivity (Wildman–Crippen MR) is 82.3 cm³/mol. The molecule has 0 aliphatic rings. The molecule has 94 valence electrons. The number of hydrogen-bond acceptors (Lipinski definition) is 2. The van der Waals surface area contributed by atoms with Crippen LogP contribution in [0.2, 0.25) is 5.02 Å². The lowest BCUT2D eigenvalue weighted by atomic mass is 10.2. The van der Waals surface area contributed by atoms with Gasteiger partial charge in [-0.05, 0) is 46.7 Å².